The lowest BCUT2D eigenvalue weighted by Gasteiger charge is -2.16. The minimum Gasteiger partial charge on any atom is -0.454 e. The van der Waals surface area contributed by atoms with Crippen LogP contribution < -0.4 is 10.6 Å². The van der Waals surface area contributed by atoms with E-state index in [2.05, 4.69) is 10.6 Å². The summed E-state index contributed by atoms with van der Waals surface area (Å²) in [4.78, 5) is 49.8. The minimum atomic E-state index is -0.606. The number of thioether (sulfide) groups is 1. The molecule has 1 aliphatic carbocycles. The van der Waals surface area contributed by atoms with Crippen molar-refractivity contribution in [3.05, 3.63) is 59.7 Å². The fraction of sp³-hybridized carbons (Fsp3) is 0.360. The molecule has 0 spiro atoms. The van der Waals surface area contributed by atoms with Crippen LogP contribution >= 0.6 is 11.8 Å². The molecular formula is C25H28N2O5S. The van der Waals surface area contributed by atoms with Gasteiger partial charge in [-0.15, -0.1) is 11.8 Å². The van der Waals surface area contributed by atoms with Crippen LogP contribution in [-0.4, -0.2) is 42.0 Å². The van der Waals surface area contributed by atoms with Gasteiger partial charge < -0.3 is 15.4 Å². The number of carbonyl (C=O) groups excluding carboxylic acids is 4. The smallest absolute Gasteiger partial charge is 0.339 e. The van der Waals surface area contributed by atoms with Crippen molar-refractivity contribution >= 4 is 41.0 Å². The number of ether oxygens (including phenoxy) is 1. The van der Waals surface area contributed by atoms with Crippen molar-refractivity contribution in [3.8, 4) is 0 Å². The van der Waals surface area contributed by atoms with E-state index in [4.69, 9.17) is 4.74 Å². The first-order valence-electron chi connectivity index (χ1n) is 10.8. The lowest BCUT2D eigenvalue weighted by atomic mass is 9.91. The number of hydrogen-bond donors (Lipinski definition) is 2. The summed E-state index contributed by atoms with van der Waals surface area (Å²) in [6.07, 6.45) is 2.00. The molecule has 0 heterocycles. The van der Waals surface area contributed by atoms with Crippen molar-refractivity contribution in [1.29, 1.82) is 0 Å². The molecule has 0 aromatic heterocycles. The zero-order valence-electron chi connectivity index (χ0n) is 19.0. The van der Waals surface area contributed by atoms with Crippen LogP contribution in [0.2, 0.25) is 0 Å². The van der Waals surface area contributed by atoms with Crippen molar-refractivity contribution < 1.29 is 23.9 Å². The molecule has 0 atom stereocenters. The molecule has 1 aliphatic rings. The van der Waals surface area contributed by atoms with Gasteiger partial charge in [0.25, 0.3) is 5.91 Å². The summed E-state index contributed by atoms with van der Waals surface area (Å²) in [6.45, 7) is 4.99. The van der Waals surface area contributed by atoms with E-state index in [9.17, 15) is 19.2 Å². The Morgan fingerprint density at radius 3 is 2.45 bits per heavy atom. The van der Waals surface area contributed by atoms with Crippen molar-refractivity contribution in [2.45, 2.75) is 44.6 Å². The fourth-order valence-corrected chi connectivity index (χ4v) is 3.60. The van der Waals surface area contributed by atoms with E-state index in [1.807, 2.05) is 0 Å². The second kappa shape index (κ2) is 10.7. The minimum absolute atomic E-state index is 0.0592. The number of benzene rings is 2. The van der Waals surface area contributed by atoms with Crippen molar-refractivity contribution in [2.24, 2.45) is 5.41 Å². The van der Waals surface area contributed by atoms with Gasteiger partial charge in [-0.05, 0) is 43.2 Å². The normalized spacial score (nSPS) is 13.2. The number of Topliss-reactive ketones (excluding diaryl/α,β-unsaturated/α-hetero) is 1. The standard InChI is InChI=1S/C25H28N2O5S/c1-25(2,3)21(28)14-32-24(31)19-9-4-5-10-20(19)33-15-22(29)26-18-8-6-7-16(13-18)23(30)27-17-11-12-17/h4-10,13,17H,11-12,14-15H2,1-3H3,(H,26,29)(H,27,30). The topological polar surface area (TPSA) is 102 Å². The number of anilines is 1. The van der Waals surface area contributed by atoms with Gasteiger partial charge in [0.05, 0.1) is 11.3 Å². The number of rotatable bonds is 9. The molecule has 0 bridgehead atoms. The summed E-state index contributed by atoms with van der Waals surface area (Å²) in [7, 11) is 0. The van der Waals surface area contributed by atoms with Crippen LogP contribution in [0.1, 0.15) is 54.3 Å². The first kappa shape index (κ1) is 24.5. The molecule has 1 fully saturated rings. The van der Waals surface area contributed by atoms with Gasteiger partial charge in [-0.1, -0.05) is 39.0 Å². The molecule has 0 radical (unpaired) electrons. The average molecular weight is 469 g/mol. The molecule has 0 saturated heterocycles. The molecule has 0 aliphatic heterocycles. The van der Waals surface area contributed by atoms with Crippen LogP contribution in [0.15, 0.2) is 53.4 Å². The molecular weight excluding hydrogens is 440 g/mol. The van der Waals surface area contributed by atoms with E-state index in [-0.39, 0.29) is 36.0 Å². The molecule has 8 heteroatoms. The van der Waals surface area contributed by atoms with Crippen LogP contribution in [-0.2, 0) is 14.3 Å². The Morgan fingerprint density at radius 2 is 1.76 bits per heavy atom. The third kappa shape index (κ3) is 7.46. The zero-order valence-corrected chi connectivity index (χ0v) is 19.8. The van der Waals surface area contributed by atoms with Crippen molar-refractivity contribution in [1.82, 2.24) is 5.32 Å². The van der Waals surface area contributed by atoms with Gasteiger partial charge in [0.1, 0.15) is 0 Å². The van der Waals surface area contributed by atoms with Gasteiger partial charge >= 0.3 is 5.97 Å². The highest BCUT2D eigenvalue weighted by molar-refractivity contribution is 8.00. The number of ketones is 1. The van der Waals surface area contributed by atoms with Crippen LogP contribution in [0.25, 0.3) is 0 Å². The molecule has 2 amide bonds. The summed E-state index contributed by atoms with van der Waals surface area (Å²) in [6, 6.07) is 13.8. The van der Waals surface area contributed by atoms with Gasteiger partial charge in [-0.3, -0.25) is 14.4 Å². The molecule has 0 unspecified atom stereocenters. The Kier molecular flexibility index (Phi) is 7.92. The average Bonchev–Trinajstić information content (AvgIpc) is 3.59. The summed E-state index contributed by atoms with van der Waals surface area (Å²) < 4.78 is 5.19. The molecule has 2 aromatic carbocycles. The quantitative estimate of drug-likeness (QED) is 0.425. The first-order valence-corrected chi connectivity index (χ1v) is 11.7. The number of esters is 1. The Balaban J connectivity index is 1.56. The number of hydrogen-bond acceptors (Lipinski definition) is 6. The van der Waals surface area contributed by atoms with E-state index in [0.717, 1.165) is 12.8 Å². The van der Waals surface area contributed by atoms with Gasteiger partial charge in [0.2, 0.25) is 5.91 Å². The number of nitrogens with one attached hydrogen (secondary N) is 2. The molecule has 7 nitrogen and oxygen atoms in total. The largest absolute Gasteiger partial charge is 0.454 e. The van der Waals surface area contributed by atoms with Crippen LogP contribution in [0.4, 0.5) is 5.69 Å². The maximum Gasteiger partial charge on any atom is 0.339 e. The third-order valence-corrected chi connectivity index (χ3v) is 6.03. The SMILES string of the molecule is CC(C)(C)C(=O)COC(=O)c1ccccc1SCC(=O)Nc1cccc(C(=O)NC2CC2)c1. The Hall–Kier alpha value is -3.13. The fourth-order valence-electron chi connectivity index (χ4n) is 2.76. The predicted octanol–water partition coefficient (Wildman–Crippen LogP) is 4.08. The summed E-state index contributed by atoms with van der Waals surface area (Å²) in [5.41, 5.74) is 0.723. The summed E-state index contributed by atoms with van der Waals surface area (Å²) >= 11 is 1.19. The molecule has 33 heavy (non-hydrogen) atoms. The van der Waals surface area contributed by atoms with Gasteiger partial charge in [-0.2, -0.15) is 0 Å². The van der Waals surface area contributed by atoms with E-state index in [1.165, 1.54) is 11.8 Å². The van der Waals surface area contributed by atoms with Gasteiger partial charge in [0, 0.05) is 27.6 Å². The molecule has 1 saturated carbocycles. The molecule has 174 valence electrons. The van der Waals surface area contributed by atoms with E-state index in [0.29, 0.717) is 21.7 Å². The van der Waals surface area contributed by atoms with E-state index < -0.39 is 11.4 Å². The van der Waals surface area contributed by atoms with Gasteiger partial charge in [0.15, 0.2) is 12.4 Å². The Bertz CT molecular complexity index is 1060. The van der Waals surface area contributed by atoms with E-state index in [1.54, 1.807) is 69.3 Å². The number of carbonyl (C=O) groups is 4. The second-order valence-electron chi connectivity index (χ2n) is 8.91. The molecule has 2 N–H and O–H groups in total. The lowest BCUT2D eigenvalue weighted by Crippen LogP contribution is -2.26. The van der Waals surface area contributed by atoms with Crippen molar-refractivity contribution in [2.75, 3.05) is 17.7 Å². The van der Waals surface area contributed by atoms with Gasteiger partial charge in [-0.25, -0.2) is 4.79 Å². The predicted molar refractivity (Wildman–Crippen MR) is 127 cm³/mol. The Morgan fingerprint density at radius 1 is 1.03 bits per heavy atom. The maximum atomic E-state index is 12.5. The van der Waals surface area contributed by atoms with Crippen molar-refractivity contribution in [3.63, 3.8) is 0 Å². The second-order valence-corrected chi connectivity index (χ2v) is 9.93. The molecule has 2 aromatic rings. The summed E-state index contributed by atoms with van der Waals surface area (Å²) in [5.74, 6) is -1.14. The number of amides is 2. The highest BCUT2D eigenvalue weighted by Crippen LogP contribution is 2.24. The highest BCUT2D eigenvalue weighted by Gasteiger charge is 2.24. The molecule has 3 rings (SSSR count). The van der Waals surface area contributed by atoms with E-state index >= 15 is 0 Å². The van der Waals surface area contributed by atoms with Crippen LogP contribution in [0, 0.1) is 5.41 Å². The highest BCUT2D eigenvalue weighted by atomic mass is 32.2. The monoisotopic (exact) mass is 468 g/mol. The maximum absolute atomic E-state index is 12.5. The summed E-state index contributed by atoms with van der Waals surface area (Å²) in [5, 5.41) is 5.70. The van der Waals surface area contributed by atoms with Crippen LogP contribution in [0.5, 0.6) is 0 Å². The zero-order chi connectivity index (χ0) is 24.0. The van der Waals surface area contributed by atoms with Crippen LogP contribution in [0.3, 0.4) is 0 Å². The first-order chi connectivity index (χ1) is 15.6. The third-order valence-electron chi connectivity index (χ3n) is 4.96. The lowest BCUT2D eigenvalue weighted by molar-refractivity contribution is -0.129. The Labute approximate surface area is 197 Å².